The van der Waals surface area contributed by atoms with Crippen molar-refractivity contribution in [3.05, 3.63) is 59.1 Å². The van der Waals surface area contributed by atoms with Crippen LogP contribution in [-0.2, 0) is 16.1 Å². The Kier molecular flexibility index (Phi) is 5.08. The second-order valence-electron chi connectivity index (χ2n) is 8.12. The van der Waals surface area contributed by atoms with Gasteiger partial charge in [0.1, 0.15) is 17.9 Å². The molecule has 0 radical (unpaired) electrons. The molecule has 0 amide bonds. The highest BCUT2D eigenvalue weighted by atomic mass is 16.5. The lowest BCUT2D eigenvalue weighted by Crippen LogP contribution is -2.50. The third kappa shape index (κ3) is 3.13. The Labute approximate surface area is 175 Å². The fourth-order valence-electron chi connectivity index (χ4n) is 4.91. The summed E-state index contributed by atoms with van der Waals surface area (Å²) in [6.07, 6.45) is 3.72. The molecule has 7 nitrogen and oxygen atoms in total. The summed E-state index contributed by atoms with van der Waals surface area (Å²) in [6.45, 7) is 2.28. The number of carbonyl (C=O) groups is 1. The van der Waals surface area contributed by atoms with Crippen molar-refractivity contribution in [2.24, 2.45) is 11.8 Å². The molecule has 1 aliphatic heterocycles. The van der Waals surface area contributed by atoms with Crippen molar-refractivity contribution in [2.45, 2.75) is 31.6 Å². The number of benzene rings is 1. The number of ketones is 1. The number of nitrogens with zero attached hydrogens (tertiary/aromatic N) is 2. The molecule has 2 aromatic rings. The maximum atomic E-state index is 13.6. The first-order valence-electron chi connectivity index (χ1n) is 10.4. The van der Waals surface area contributed by atoms with E-state index in [0.717, 1.165) is 31.5 Å². The van der Waals surface area contributed by atoms with Gasteiger partial charge in [-0.05, 0) is 29.6 Å². The van der Waals surface area contributed by atoms with E-state index in [1.807, 2.05) is 36.4 Å². The fraction of sp³-hybridized carbons (Fsp3) is 0.478. The average Bonchev–Trinajstić information content (AvgIpc) is 3.17. The van der Waals surface area contributed by atoms with Crippen molar-refractivity contribution >= 4 is 5.78 Å². The van der Waals surface area contributed by atoms with Crippen molar-refractivity contribution in [3.63, 3.8) is 0 Å². The standard InChI is InChI=1S/C23H26N2O5/c1-27-15-11-16-18(17(12-15)28-2)21(26)19-22(20(16)25-9-6-10-25)30-24-23(19)29-13-14-7-4-3-5-8-14/h3-5,7-8,12,15-16,18,20H,6,9-11,13H2,1-2H3/t15-,16?,18?,20+/m1/s1. The molecule has 2 unspecified atom stereocenters. The molecule has 3 aliphatic rings. The summed E-state index contributed by atoms with van der Waals surface area (Å²) >= 11 is 0. The van der Waals surface area contributed by atoms with Gasteiger partial charge in [-0.1, -0.05) is 30.3 Å². The van der Waals surface area contributed by atoms with E-state index in [2.05, 4.69) is 10.1 Å². The van der Waals surface area contributed by atoms with Crippen molar-refractivity contribution in [1.29, 1.82) is 0 Å². The number of likely N-dealkylation sites (tertiary alicyclic amines) is 1. The number of hydrogen-bond donors (Lipinski definition) is 0. The molecule has 1 aromatic heterocycles. The lowest BCUT2D eigenvalue weighted by molar-refractivity contribution is -0.00702. The van der Waals surface area contributed by atoms with Gasteiger partial charge in [0.05, 0.1) is 25.2 Å². The maximum absolute atomic E-state index is 13.6. The Balaban J connectivity index is 1.52. The molecule has 0 N–H and O–H groups in total. The second kappa shape index (κ2) is 7.89. The number of rotatable bonds is 6. The molecule has 0 spiro atoms. The quantitative estimate of drug-likeness (QED) is 0.723. The predicted octanol–water partition coefficient (Wildman–Crippen LogP) is 3.38. The molecule has 0 saturated carbocycles. The zero-order chi connectivity index (χ0) is 20.7. The van der Waals surface area contributed by atoms with Gasteiger partial charge < -0.3 is 18.7 Å². The highest BCUT2D eigenvalue weighted by Gasteiger charge is 2.53. The molecular formula is C23H26N2O5. The van der Waals surface area contributed by atoms with Crippen LogP contribution in [0.4, 0.5) is 0 Å². The van der Waals surface area contributed by atoms with Crippen molar-refractivity contribution < 1.29 is 23.5 Å². The van der Waals surface area contributed by atoms with Gasteiger partial charge in [0.2, 0.25) is 0 Å². The highest BCUT2D eigenvalue weighted by Crippen LogP contribution is 2.51. The Bertz CT molecular complexity index is 950. The predicted molar refractivity (Wildman–Crippen MR) is 108 cm³/mol. The van der Waals surface area contributed by atoms with Gasteiger partial charge in [0, 0.05) is 26.1 Å². The molecule has 2 aliphatic carbocycles. The van der Waals surface area contributed by atoms with Crippen LogP contribution in [-0.4, -0.2) is 49.3 Å². The maximum Gasteiger partial charge on any atom is 0.265 e. The minimum absolute atomic E-state index is 0.0186. The van der Waals surface area contributed by atoms with Crippen molar-refractivity contribution in [3.8, 4) is 5.88 Å². The van der Waals surface area contributed by atoms with Gasteiger partial charge in [0.25, 0.3) is 5.88 Å². The monoisotopic (exact) mass is 410 g/mol. The first-order chi connectivity index (χ1) is 14.7. The van der Waals surface area contributed by atoms with E-state index >= 15 is 0 Å². The zero-order valence-electron chi connectivity index (χ0n) is 17.2. The SMILES string of the molecule is COC1=C[C@H](OC)CC2C1C(=O)c1c(OCc3ccccc3)noc1[C@H]2N1CCC1. The molecule has 1 aromatic carbocycles. The number of aromatic nitrogens is 1. The number of methoxy groups -OCH3 is 2. The number of ether oxygens (including phenoxy) is 3. The summed E-state index contributed by atoms with van der Waals surface area (Å²) in [5.41, 5.74) is 1.47. The normalized spacial score (nSPS) is 28.2. The summed E-state index contributed by atoms with van der Waals surface area (Å²) in [5, 5.41) is 4.17. The van der Waals surface area contributed by atoms with E-state index in [1.54, 1.807) is 14.2 Å². The average molecular weight is 410 g/mol. The van der Waals surface area contributed by atoms with Crippen LogP contribution in [0.15, 0.2) is 46.7 Å². The molecule has 2 heterocycles. The Morgan fingerprint density at radius 3 is 2.67 bits per heavy atom. The highest BCUT2D eigenvalue weighted by molar-refractivity contribution is 6.03. The number of allylic oxidation sites excluding steroid dienone is 1. The van der Waals surface area contributed by atoms with Crippen LogP contribution >= 0.6 is 0 Å². The second-order valence-corrected chi connectivity index (χ2v) is 8.12. The number of fused-ring (bicyclic) bond motifs is 2. The molecular weight excluding hydrogens is 384 g/mol. The van der Waals surface area contributed by atoms with Crippen LogP contribution in [0, 0.1) is 11.8 Å². The van der Waals surface area contributed by atoms with Gasteiger partial charge in [-0.25, -0.2) is 0 Å². The lowest BCUT2D eigenvalue weighted by atomic mass is 9.67. The van der Waals surface area contributed by atoms with E-state index in [1.165, 1.54) is 0 Å². The molecule has 1 fully saturated rings. The van der Waals surface area contributed by atoms with Crippen LogP contribution in [0.2, 0.25) is 0 Å². The summed E-state index contributed by atoms with van der Waals surface area (Å²) in [6, 6.07) is 9.79. The molecule has 7 heteroatoms. The van der Waals surface area contributed by atoms with E-state index in [9.17, 15) is 4.79 Å². The fourth-order valence-corrected chi connectivity index (χ4v) is 4.91. The van der Waals surface area contributed by atoms with E-state index in [-0.39, 0.29) is 35.6 Å². The van der Waals surface area contributed by atoms with Gasteiger partial charge in [-0.3, -0.25) is 9.69 Å². The van der Waals surface area contributed by atoms with E-state index in [0.29, 0.717) is 23.7 Å². The minimum Gasteiger partial charge on any atom is -0.501 e. The molecule has 0 bridgehead atoms. The number of hydrogen-bond acceptors (Lipinski definition) is 7. The Morgan fingerprint density at radius 1 is 1.20 bits per heavy atom. The largest absolute Gasteiger partial charge is 0.501 e. The molecule has 1 saturated heterocycles. The van der Waals surface area contributed by atoms with Gasteiger partial charge in [-0.15, -0.1) is 0 Å². The van der Waals surface area contributed by atoms with Gasteiger partial charge >= 0.3 is 0 Å². The summed E-state index contributed by atoms with van der Waals surface area (Å²) < 4.78 is 23.0. The van der Waals surface area contributed by atoms with Crippen LogP contribution in [0.5, 0.6) is 5.88 Å². The van der Waals surface area contributed by atoms with Crippen LogP contribution in [0.1, 0.15) is 40.6 Å². The third-order valence-corrected chi connectivity index (χ3v) is 6.52. The molecule has 30 heavy (non-hydrogen) atoms. The van der Waals surface area contributed by atoms with E-state index in [4.69, 9.17) is 18.7 Å². The van der Waals surface area contributed by atoms with Crippen molar-refractivity contribution in [2.75, 3.05) is 27.3 Å². The smallest absolute Gasteiger partial charge is 0.265 e. The summed E-state index contributed by atoms with van der Waals surface area (Å²) in [4.78, 5) is 16.0. The first-order valence-corrected chi connectivity index (χ1v) is 10.4. The van der Waals surface area contributed by atoms with Crippen LogP contribution < -0.4 is 4.74 Å². The van der Waals surface area contributed by atoms with E-state index < -0.39 is 0 Å². The lowest BCUT2D eigenvalue weighted by Gasteiger charge is -2.47. The Hall–Kier alpha value is -2.64. The topological polar surface area (TPSA) is 74.0 Å². The molecule has 5 rings (SSSR count). The van der Waals surface area contributed by atoms with Crippen LogP contribution in [0.25, 0.3) is 0 Å². The number of Topliss-reactive ketones (excluding diaryl/α,β-unsaturated/α-hetero) is 1. The molecule has 4 atom stereocenters. The first kappa shape index (κ1) is 19.3. The summed E-state index contributed by atoms with van der Waals surface area (Å²) in [7, 11) is 3.30. The third-order valence-electron chi connectivity index (χ3n) is 6.52. The summed E-state index contributed by atoms with van der Waals surface area (Å²) in [5.74, 6) is 1.15. The van der Waals surface area contributed by atoms with Crippen molar-refractivity contribution in [1.82, 2.24) is 10.1 Å². The Morgan fingerprint density at radius 2 is 2.00 bits per heavy atom. The van der Waals surface area contributed by atoms with Crippen LogP contribution in [0.3, 0.4) is 0 Å². The van der Waals surface area contributed by atoms with Gasteiger partial charge in [-0.2, -0.15) is 0 Å². The minimum atomic E-state index is -0.377. The number of carbonyl (C=O) groups excluding carboxylic acids is 1. The zero-order valence-corrected chi connectivity index (χ0v) is 17.2. The molecule has 158 valence electrons. The van der Waals surface area contributed by atoms with Gasteiger partial charge in [0.15, 0.2) is 11.5 Å².